The van der Waals surface area contributed by atoms with Crippen LogP contribution in [0.3, 0.4) is 0 Å². The van der Waals surface area contributed by atoms with Crippen molar-refractivity contribution < 1.29 is 24.3 Å². The fraction of sp³-hybridized carbons (Fsp3) is 0.326. The molecule has 0 unspecified atom stereocenters. The average molecular weight is 827 g/mol. The van der Waals surface area contributed by atoms with Crippen LogP contribution in [0.1, 0.15) is 59.2 Å². The second kappa shape index (κ2) is 21.0. The lowest BCUT2D eigenvalue weighted by Gasteiger charge is -2.32. The lowest BCUT2D eigenvalue weighted by atomic mass is 9.98. The normalized spacial score (nSPS) is 18.0. The first-order chi connectivity index (χ1) is 27.7. The number of fused-ring (bicyclic) bond motifs is 3. The number of carbonyl (C=O) groups is 4. The minimum Gasteiger partial charge on any atom is -0.478 e. The average Bonchev–Trinajstić information content (AvgIpc) is 3.64. The molecule has 0 saturated carbocycles. The van der Waals surface area contributed by atoms with E-state index in [4.69, 9.17) is 16.5 Å². The molecule has 0 bridgehead atoms. The topological polar surface area (TPSA) is 209 Å². The van der Waals surface area contributed by atoms with Gasteiger partial charge in [-0.15, -0.1) is 12.4 Å². The molecule has 3 atom stereocenters. The number of aromatic nitrogens is 2. The lowest BCUT2D eigenvalue weighted by molar-refractivity contribution is -0.142. The first-order valence-corrected chi connectivity index (χ1v) is 20.1. The van der Waals surface area contributed by atoms with Crippen LogP contribution in [-0.2, 0) is 33.9 Å². The van der Waals surface area contributed by atoms with Crippen LogP contribution in [-0.4, -0.2) is 81.9 Å². The Balaban J connectivity index is 0.00000641. The van der Waals surface area contributed by atoms with Crippen LogP contribution in [0.25, 0.3) is 22.0 Å². The number of carbonyl (C=O) groups excluding carboxylic acids is 3. The second-order valence-electron chi connectivity index (χ2n) is 14.2. The molecule has 0 radical (unpaired) electrons. The fourth-order valence-electron chi connectivity index (χ4n) is 7.17. The van der Waals surface area contributed by atoms with Gasteiger partial charge in [-0.25, -0.2) is 9.78 Å². The number of pyridine rings is 1. The highest BCUT2D eigenvalue weighted by Crippen LogP contribution is 2.37. The number of nitrogens with one attached hydrogen (secondary N) is 4. The van der Waals surface area contributed by atoms with Crippen molar-refractivity contribution in [2.24, 2.45) is 11.5 Å². The van der Waals surface area contributed by atoms with Crippen molar-refractivity contribution in [3.05, 3.63) is 114 Å². The monoisotopic (exact) mass is 826 g/mol. The molecule has 2 aromatic heterocycles. The SMILES string of the molecule is CN1C(=O)[C@H](CCCCN)NC(=O)[C@H](CCCN)NCc2cccnc2Sc2cccc(-c3ccc(C(=O)O)cc3)c2CNC(=O)[C@@H]1Cc1c[nH]c2ccccc12.Cl. The summed E-state index contributed by atoms with van der Waals surface area (Å²) in [6.07, 6.45) is 6.43. The van der Waals surface area contributed by atoms with Gasteiger partial charge in [0.25, 0.3) is 0 Å². The van der Waals surface area contributed by atoms with E-state index < -0.39 is 24.1 Å². The summed E-state index contributed by atoms with van der Waals surface area (Å²) in [5.41, 5.74) is 16.9. The third kappa shape index (κ3) is 10.6. The van der Waals surface area contributed by atoms with Gasteiger partial charge in [-0.3, -0.25) is 14.4 Å². The number of hydrogen-bond donors (Lipinski definition) is 7. The number of benzene rings is 3. The Kier molecular flexibility index (Phi) is 15.8. The van der Waals surface area contributed by atoms with Gasteiger partial charge in [-0.05, 0) is 103 Å². The van der Waals surface area contributed by atoms with Crippen LogP contribution in [0.5, 0.6) is 0 Å². The Morgan fingerprint density at radius 1 is 0.879 bits per heavy atom. The lowest BCUT2D eigenvalue weighted by Crippen LogP contribution is -2.57. The van der Waals surface area contributed by atoms with Gasteiger partial charge in [0.2, 0.25) is 17.7 Å². The van der Waals surface area contributed by atoms with Crippen LogP contribution in [0.15, 0.2) is 101 Å². The number of hydrogen-bond acceptors (Lipinski definition) is 9. The van der Waals surface area contributed by atoms with E-state index in [1.807, 2.05) is 60.8 Å². The molecule has 3 amide bonds. The van der Waals surface area contributed by atoms with Gasteiger partial charge < -0.3 is 42.4 Å². The number of unbranched alkanes of at least 4 members (excludes halogenated alkanes) is 1. The van der Waals surface area contributed by atoms with E-state index in [0.717, 1.165) is 43.6 Å². The molecular formula is C43H51ClN8O5S. The zero-order chi connectivity index (χ0) is 40.3. The number of nitrogens with zero attached hydrogens (tertiary/aromatic N) is 2. The molecule has 13 nitrogen and oxygen atoms in total. The molecule has 0 aliphatic carbocycles. The van der Waals surface area contributed by atoms with Crippen LogP contribution in [0.2, 0.25) is 0 Å². The molecule has 6 rings (SSSR count). The van der Waals surface area contributed by atoms with E-state index in [2.05, 4.69) is 20.9 Å². The van der Waals surface area contributed by atoms with Gasteiger partial charge in [0.05, 0.1) is 11.6 Å². The second-order valence-corrected chi connectivity index (χ2v) is 15.2. The first-order valence-electron chi connectivity index (χ1n) is 19.3. The summed E-state index contributed by atoms with van der Waals surface area (Å²) in [5.74, 6) is -2.11. The van der Waals surface area contributed by atoms with Gasteiger partial charge in [-0.2, -0.15) is 0 Å². The Labute approximate surface area is 348 Å². The zero-order valence-corrected chi connectivity index (χ0v) is 34.0. The maximum Gasteiger partial charge on any atom is 0.335 e. The molecule has 5 aromatic rings. The number of likely N-dealkylation sites (N-methyl/N-ethyl adjacent to an activating group) is 1. The summed E-state index contributed by atoms with van der Waals surface area (Å²) >= 11 is 1.44. The number of carboxylic acids is 1. The standard InChI is InChI=1S/C43H50N8O5S.ClH/c1-51-37(23-30-25-47-34-12-3-2-10-32(30)34)40(53)49-26-33-31(27-16-18-28(19-17-27)43(55)56)11-6-15-38(33)57-41-29(9-8-22-46-41)24-48-35(14-7-21-45)39(52)50-36(42(51)54)13-4-5-20-44;/h2-3,6,8-12,15-19,22,25,35-37,47-48H,4-5,7,13-14,20-21,23-24,26,44-45H2,1H3,(H,49,53)(H,50,52)(H,55,56);1H/t35-,36-,37-;/m0./s1. The number of para-hydroxylation sites is 1. The maximum atomic E-state index is 14.6. The van der Waals surface area contributed by atoms with Crippen molar-refractivity contribution in [3.8, 4) is 11.1 Å². The number of aromatic amines is 1. The molecule has 0 spiro atoms. The first kappa shape index (κ1) is 43.9. The third-order valence-electron chi connectivity index (χ3n) is 10.4. The number of carboxylic acid groups (broad SMARTS) is 1. The third-order valence-corrected chi connectivity index (χ3v) is 11.6. The van der Waals surface area contributed by atoms with E-state index in [-0.39, 0.29) is 48.7 Å². The molecule has 1 aliphatic heterocycles. The summed E-state index contributed by atoms with van der Waals surface area (Å²) in [4.78, 5) is 65.3. The van der Waals surface area contributed by atoms with Gasteiger partial charge in [0.1, 0.15) is 17.1 Å². The molecule has 0 saturated heterocycles. The van der Waals surface area contributed by atoms with Crippen molar-refractivity contribution in [3.63, 3.8) is 0 Å². The largest absolute Gasteiger partial charge is 0.478 e. The highest BCUT2D eigenvalue weighted by molar-refractivity contribution is 7.99. The molecule has 15 heteroatoms. The number of halogens is 1. The highest BCUT2D eigenvalue weighted by atomic mass is 35.5. The van der Waals surface area contributed by atoms with Gasteiger partial charge >= 0.3 is 5.97 Å². The minimum atomic E-state index is -1.03. The molecule has 58 heavy (non-hydrogen) atoms. The molecular weight excluding hydrogens is 776 g/mol. The van der Waals surface area contributed by atoms with Gasteiger partial charge in [0.15, 0.2) is 0 Å². The van der Waals surface area contributed by atoms with Crippen LogP contribution in [0, 0.1) is 0 Å². The van der Waals surface area contributed by atoms with Crippen LogP contribution >= 0.6 is 24.2 Å². The highest BCUT2D eigenvalue weighted by Gasteiger charge is 2.34. The van der Waals surface area contributed by atoms with Crippen molar-refractivity contribution >= 4 is 58.8 Å². The van der Waals surface area contributed by atoms with E-state index in [1.165, 1.54) is 16.7 Å². The van der Waals surface area contributed by atoms with Gasteiger partial charge in [0, 0.05) is 54.8 Å². The van der Waals surface area contributed by atoms with Crippen LogP contribution < -0.4 is 27.4 Å². The summed E-state index contributed by atoms with van der Waals surface area (Å²) in [5, 5.41) is 20.8. The van der Waals surface area contributed by atoms with E-state index >= 15 is 0 Å². The summed E-state index contributed by atoms with van der Waals surface area (Å²) < 4.78 is 0. The Morgan fingerprint density at radius 3 is 2.40 bits per heavy atom. The minimum absolute atomic E-state index is 0. The summed E-state index contributed by atoms with van der Waals surface area (Å²) in [7, 11) is 1.61. The molecule has 3 heterocycles. The van der Waals surface area contributed by atoms with E-state index in [0.29, 0.717) is 56.8 Å². The number of H-pyrrole nitrogens is 1. The number of nitrogens with two attached hydrogens (primary N) is 2. The van der Waals surface area contributed by atoms with Crippen molar-refractivity contribution in [1.82, 2.24) is 30.8 Å². The fourth-order valence-corrected chi connectivity index (χ4v) is 8.22. The predicted molar refractivity (Wildman–Crippen MR) is 229 cm³/mol. The smallest absolute Gasteiger partial charge is 0.335 e. The van der Waals surface area contributed by atoms with Crippen molar-refractivity contribution in [2.75, 3.05) is 20.1 Å². The van der Waals surface area contributed by atoms with Crippen LogP contribution in [0.4, 0.5) is 0 Å². The number of aromatic carboxylic acids is 1. The summed E-state index contributed by atoms with van der Waals surface area (Å²) in [6.45, 7) is 1.25. The predicted octanol–water partition coefficient (Wildman–Crippen LogP) is 5.01. The summed E-state index contributed by atoms with van der Waals surface area (Å²) in [6, 6.07) is 21.5. The van der Waals surface area contributed by atoms with Crippen molar-refractivity contribution in [1.29, 1.82) is 0 Å². The van der Waals surface area contributed by atoms with E-state index in [9.17, 15) is 24.3 Å². The molecule has 1 aliphatic rings. The molecule has 306 valence electrons. The number of amides is 3. The Morgan fingerprint density at radius 2 is 1.64 bits per heavy atom. The molecule has 0 fully saturated rings. The quantitative estimate of drug-likeness (QED) is 0.0886. The number of rotatable bonds is 11. The Bertz CT molecular complexity index is 2200. The van der Waals surface area contributed by atoms with E-state index in [1.54, 1.807) is 37.5 Å². The van der Waals surface area contributed by atoms with Crippen molar-refractivity contribution in [2.45, 2.75) is 79.7 Å². The zero-order valence-electron chi connectivity index (χ0n) is 32.4. The molecule has 3 aromatic carbocycles. The maximum absolute atomic E-state index is 14.6. The Hall–Kier alpha value is -5.25. The molecule has 9 N–H and O–H groups in total. The van der Waals surface area contributed by atoms with Gasteiger partial charge in [-0.1, -0.05) is 60.3 Å².